The zero-order chi connectivity index (χ0) is 22.7. The van der Waals surface area contributed by atoms with Crippen molar-refractivity contribution in [3.63, 3.8) is 0 Å². The molecule has 0 radical (unpaired) electrons. The molecule has 1 fully saturated rings. The van der Waals surface area contributed by atoms with Crippen LogP contribution in [0.2, 0.25) is 0 Å². The number of nitrogens with one attached hydrogen (secondary N) is 1. The standard InChI is InChI=1S/C20H33NO9/c1-5-8-14(23)27-11-13-18(29-15(24)9-6-2)19(30-16(25)10-7-3)17(20(26)28-13)21-12(4)22/h13,17-20,26H,5-11H2,1-4H3,(H,21,22)/t13-,17-,18-,19-,20?/m1/s1. The van der Waals surface area contributed by atoms with E-state index in [0.717, 1.165) is 0 Å². The highest BCUT2D eigenvalue weighted by Gasteiger charge is 2.50. The fraction of sp³-hybridized carbons (Fsp3) is 0.800. The van der Waals surface area contributed by atoms with E-state index in [-0.39, 0.29) is 25.9 Å². The number of esters is 3. The third-order valence-electron chi connectivity index (χ3n) is 4.34. The van der Waals surface area contributed by atoms with Gasteiger partial charge in [-0.25, -0.2) is 0 Å². The number of hydrogen-bond donors (Lipinski definition) is 2. The highest BCUT2D eigenvalue weighted by Crippen LogP contribution is 2.27. The molecule has 10 nitrogen and oxygen atoms in total. The average Bonchev–Trinajstić information content (AvgIpc) is 2.65. The van der Waals surface area contributed by atoms with Gasteiger partial charge in [0.1, 0.15) is 18.8 Å². The van der Waals surface area contributed by atoms with Crippen LogP contribution in [-0.2, 0) is 38.1 Å². The minimum atomic E-state index is -1.57. The van der Waals surface area contributed by atoms with Crippen LogP contribution in [0.1, 0.15) is 66.2 Å². The Morgan fingerprint density at radius 3 is 1.87 bits per heavy atom. The lowest BCUT2D eigenvalue weighted by Crippen LogP contribution is -2.66. The molecule has 1 rings (SSSR count). The summed E-state index contributed by atoms with van der Waals surface area (Å²) in [5, 5.41) is 12.9. The Balaban J connectivity index is 3.15. The van der Waals surface area contributed by atoms with Crippen LogP contribution < -0.4 is 5.32 Å². The van der Waals surface area contributed by atoms with Gasteiger partial charge in [0.05, 0.1) is 0 Å². The van der Waals surface area contributed by atoms with E-state index in [2.05, 4.69) is 5.32 Å². The van der Waals surface area contributed by atoms with E-state index in [4.69, 9.17) is 18.9 Å². The van der Waals surface area contributed by atoms with Crippen molar-refractivity contribution in [3.8, 4) is 0 Å². The first-order chi connectivity index (χ1) is 14.2. The second kappa shape index (κ2) is 13.2. The molecule has 1 saturated heterocycles. The van der Waals surface area contributed by atoms with Crippen molar-refractivity contribution in [2.45, 2.75) is 96.9 Å². The molecule has 5 atom stereocenters. The van der Waals surface area contributed by atoms with Gasteiger partial charge in [0.2, 0.25) is 5.91 Å². The van der Waals surface area contributed by atoms with Gasteiger partial charge in [0.15, 0.2) is 18.5 Å². The number of amides is 1. The molecule has 0 spiro atoms. The molecule has 1 aliphatic heterocycles. The number of aliphatic hydroxyl groups is 1. The molecule has 0 aromatic rings. The van der Waals surface area contributed by atoms with Gasteiger partial charge in [0, 0.05) is 26.2 Å². The lowest BCUT2D eigenvalue weighted by molar-refractivity contribution is -0.265. The molecule has 0 aliphatic carbocycles. The zero-order valence-electron chi connectivity index (χ0n) is 18.0. The van der Waals surface area contributed by atoms with E-state index in [9.17, 15) is 24.3 Å². The first kappa shape index (κ1) is 25.8. The number of rotatable bonds is 11. The fourth-order valence-electron chi connectivity index (χ4n) is 3.01. The van der Waals surface area contributed by atoms with Gasteiger partial charge >= 0.3 is 17.9 Å². The minimum Gasteiger partial charge on any atom is -0.463 e. The van der Waals surface area contributed by atoms with E-state index < -0.39 is 54.5 Å². The summed E-state index contributed by atoms with van der Waals surface area (Å²) in [6, 6.07) is -1.16. The van der Waals surface area contributed by atoms with Crippen molar-refractivity contribution in [1.82, 2.24) is 5.32 Å². The summed E-state index contributed by atoms with van der Waals surface area (Å²) in [7, 11) is 0. The maximum absolute atomic E-state index is 12.2. The van der Waals surface area contributed by atoms with Crippen LogP contribution in [0.3, 0.4) is 0 Å². The van der Waals surface area contributed by atoms with Gasteiger partial charge < -0.3 is 29.4 Å². The Labute approximate surface area is 176 Å². The second-order valence-corrected chi connectivity index (χ2v) is 7.13. The summed E-state index contributed by atoms with van der Waals surface area (Å²) in [6.45, 7) is 6.33. The van der Waals surface area contributed by atoms with Crippen molar-refractivity contribution >= 4 is 23.8 Å². The molecule has 1 aliphatic rings. The van der Waals surface area contributed by atoms with E-state index in [1.54, 1.807) is 13.8 Å². The predicted molar refractivity (Wildman–Crippen MR) is 104 cm³/mol. The van der Waals surface area contributed by atoms with Crippen LogP contribution in [-0.4, -0.2) is 66.2 Å². The smallest absolute Gasteiger partial charge is 0.306 e. The molecule has 0 bridgehead atoms. The summed E-state index contributed by atoms with van der Waals surface area (Å²) in [4.78, 5) is 47.8. The topological polar surface area (TPSA) is 137 Å². The summed E-state index contributed by atoms with van der Waals surface area (Å²) in [5.74, 6) is -2.11. The normalized spacial score (nSPS) is 25.8. The molecular formula is C20H33NO9. The van der Waals surface area contributed by atoms with Gasteiger partial charge in [-0.1, -0.05) is 20.8 Å². The van der Waals surface area contributed by atoms with Crippen LogP contribution in [0.15, 0.2) is 0 Å². The van der Waals surface area contributed by atoms with Crippen molar-refractivity contribution in [2.24, 2.45) is 0 Å². The molecule has 1 amide bonds. The van der Waals surface area contributed by atoms with E-state index >= 15 is 0 Å². The Morgan fingerprint density at radius 1 is 0.867 bits per heavy atom. The van der Waals surface area contributed by atoms with Crippen molar-refractivity contribution in [1.29, 1.82) is 0 Å². The van der Waals surface area contributed by atoms with Gasteiger partial charge in [-0.3, -0.25) is 19.2 Å². The molecule has 1 heterocycles. The molecule has 172 valence electrons. The monoisotopic (exact) mass is 431 g/mol. The van der Waals surface area contributed by atoms with Gasteiger partial charge in [0.25, 0.3) is 0 Å². The van der Waals surface area contributed by atoms with E-state index in [1.807, 2.05) is 6.92 Å². The second-order valence-electron chi connectivity index (χ2n) is 7.13. The predicted octanol–water partition coefficient (Wildman–Crippen LogP) is 0.975. The molecule has 0 saturated carbocycles. The third kappa shape index (κ3) is 8.27. The molecule has 30 heavy (non-hydrogen) atoms. The van der Waals surface area contributed by atoms with Crippen molar-refractivity contribution in [3.05, 3.63) is 0 Å². The van der Waals surface area contributed by atoms with Gasteiger partial charge in [-0.05, 0) is 19.3 Å². The number of carbonyl (C=O) groups is 4. The minimum absolute atomic E-state index is 0.103. The SMILES string of the molecule is CCCC(=O)OC[C@H]1OC(O)[C@H](NC(C)=O)[C@@H](OC(=O)CCC)[C@@H]1OC(=O)CCC. The molecule has 10 heteroatoms. The van der Waals surface area contributed by atoms with Crippen molar-refractivity contribution in [2.75, 3.05) is 6.61 Å². The van der Waals surface area contributed by atoms with Crippen LogP contribution in [0, 0.1) is 0 Å². The van der Waals surface area contributed by atoms with Crippen LogP contribution in [0.5, 0.6) is 0 Å². The zero-order valence-corrected chi connectivity index (χ0v) is 18.0. The Morgan fingerprint density at radius 2 is 1.37 bits per heavy atom. The maximum atomic E-state index is 12.2. The number of ether oxygens (including phenoxy) is 4. The third-order valence-corrected chi connectivity index (χ3v) is 4.34. The molecule has 0 aromatic heterocycles. The van der Waals surface area contributed by atoms with Crippen LogP contribution in [0.25, 0.3) is 0 Å². The largest absolute Gasteiger partial charge is 0.463 e. The maximum Gasteiger partial charge on any atom is 0.306 e. The van der Waals surface area contributed by atoms with Crippen molar-refractivity contribution < 1.29 is 43.2 Å². The van der Waals surface area contributed by atoms with Gasteiger partial charge in [-0.2, -0.15) is 0 Å². The summed E-state index contributed by atoms with van der Waals surface area (Å²) < 4.78 is 21.6. The highest BCUT2D eigenvalue weighted by molar-refractivity contribution is 5.74. The molecular weight excluding hydrogens is 398 g/mol. The molecule has 2 N–H and O–H groups in total. The Hall–Kier alpha value is -2.20. The highest BCUT2D eigenvalue weighted by atomic mass is 16.7. The first-order valence-corrected chi connectivity index (χ1v) is 10.4. The number of hydrogen-bond acceptors (Lipinski definition) is 9. The van der Waals surface area contributed by atoms with E-state index in [1.165, 1.54) is 6.92 Å². The number of aliphatic hydroxyl groups excluding tert-OH is 1. The van der Waals surface area contributed by atoms with Gasteiger partial charge in [-0.15, -0.1) is 0 Å². The Kier molecular flexibility index (Phi) is 11.3. The summed E-state index contributed by atoms with van der Waals surface area (Å²) >= 11 is 0. The van der Waals surface area contributed by atoms with Crippen LogP contribution in [0.4, 0.5) is 0 Å². The molecule has 1 unspecified atom stereocenters. The lowest BCUT2D eigenvalue weighted by atomic mass is 9.96. The van der Waals surface area contributed by atoms with Crippen LogP contribution >= 0.6 is 0 Å². The Bertz CT molecular complexity index is 595. The fourth-order valence-corrected chi connectivity index (χ4v) is 3.01. The summed E-state index contributed by atoms with van der Waals surface area (Å²) in [5.41, 5.74) is 0. The summed E-state index contributed by atoms with van der Waals surface area (Å²) in [6.07, 6.45) is -2.99. The van der Waals surface area contributed by atoms with E-state index in [0.29, 0.717) is 19.3 Å². The first-order valence-electron chi connectivity index (χ1n) is 10.4. The quantitative estimate of drug-likeness (QED) is 0.362. The number of carbonyl (C=O) groups excluding carboxylic acids is 4. The lowest BCUT2D eigenvalue weighted by Gasteiger charge is -2.43. The molecule has 0 aromatic carbocycles. The average molecular weight is 431 g/mol.